The summed E-state index contributed by atoms with van der Waals surface area (Å²) < 4.78 is 20.3. The van der Waals surface area contributed by atoms with E-state index >= 15 is 0 Å². The van der Waals surface area contributed by atoms with Crippen molar-refractivity contribution >= 4 is 39.7 Å². The van der Waals surface area contributed by atoms with Gasteiger partial charge in [0.2, 0.25) is 0 Å². The maximum Gasteiger partial charge on any atom is 0.326 e. The van der Waals surface area contributed by atoms with Gasteiger partial charge in [0, 0.05) is 37.3 Å². The zero-order chi connectivity index (χ0) is 22.0. The fourth-order valence-corrected chi connectivity index (χ4v) is 5.06. The number of hydrogen-bond donors (Lipinski definition) is 4. The molecule has 5 N–H and O–H groups in total. The van der Waals surface area contributed by atoms with Crippen molar-refractivity contribution in [2.45, 2.75) is 24.9 Å². The Bertz CT molecular complexity index is 1330. The van der Waals surface area contributed by atoms with Gasteiger partial charge >= 0.3 is 6.01 Å². The molecule has 3 aliphatic rings. The minimum atomic E-state index is -0.325. The first kappa shape index (κ1) is 19.1. The number of ether oxygens (including phenoxy) is 1. The molecule has 1 saturated carbocycles. The van der Waals surface area contributed by atoms with Crippen LogP contribution in [0.1, 0.15) is 12.8 Å². The van der Waals surface area contributed by atoms with E-state index in [4.69, 9.17) is 15.5 Å². The Morgan fingerprint density at radius 1 is 1.31 bits per heavy atom. The van der Waals surface area contributed by atoms with E-state index in [0.717, 1.165) is 41.5 Å². The van der Waals surface area contributed by atoms with Crippen LogP contribution in [0.5, 0.6) is 6.01 Å². The number of nitrogens with zero attached hydrogens (tertiary/aromatic N) is 4. The summed E-state index contributed by atoms with van der Waals surface area (Å²) in [5.74, 6) is 1.82. The average molecular weight is 434 g/mol. The van der Waals surface area contributed by atoms with Gasteiger partial charge in [0.25, 0.3) is 0 Å². The van der Waals surface area contributed by atoms with Gasteiger partial charge < -0.3 is 31.0 Å². The van der Waals surface area contributed by atoms with E-state index in [0.29, 0.717) is 34.9 Å². The van der Waals surface area contributed by atoms with E-state index in [-0.39, 0.29) is 17.9 Å². The Kier molecular flexibility index (Phi) is 4.12. The number of allylic oxidation sites excluding steroid dienone is 1. The van der Waals surface area contributed by atoms with Crippen LogP contribution in [0.15, 0.2) is 41.5 Å². The van der Waals surface area contributed by atoms with Gasteiger partial charge in [0.05, 0.1) is 22.8 Å². The molecule has 1 saturated heterocycles. The molecule has 32 heavy (non-hydrogen) atoms. The van der Waals surface area contributed by atoms with Crippen LogP contribution in [0, 0.1) is 11.7 Å². The summed E-state index contributed by atoms with van der Waals surface area (Å²) in [5.41, 5.74) is 8.29. The van der Waals surface area contributed by atoms with Gasteiger partial charge in [0.15, 0.2) is 5.76 Å². The minimum absolute atomic E-state index is 0.185. The quantitative estimate of drug-likeness (QED) is 0.499. The predicted molar refractivity (Wildman–Crippen MR) is 122 cm³/mol. The number of anilines is 2. The van der Waals surface area contributed by atoms with Crippen LogP contribution >= 0.6 is 0 Å². The highest BCUT2D eigenvalue weighted by Crippen LogP contribution is 2.44. The summed E-state index contributed by atoms with van der Waals surface area (Å²) in [6.07, 6.45) is 5.15. The van der Waals surface area contributed by atoms with E-state index in [1.807, 2.05) is 0 Å². The molecule has 10 heteroatoms. The first-order chi connectivity index (χ1) is 15.5. The van der Waals surface area contributed by atoms with Gasteiger partial charge in [-0.25, -0.2) is 9.38 Å². The Hall–Kier alpha value is -3.66. The van der Waals surface area contributed by atoms with Gasteiger partial charge in [-0.2, -0.15) is 9.97 Å². The van der Waals surface area contributed by atoms with Crippen LogP contribution in [0.2, 0.25) is 0 Å². The first-order valence-electron chi connectivity index (χ1n) is 10.6. The molecule has 2 aliphatic heterocycles. The third kappa shape index (κ3) is 2.90. The highest BCUT2D eigenvalue weighted by atomic mass is 19.1. The average Bonchev–Trinajstić information content (AvgIpc) is 3.46. The molecule has 2 fully saturated rings. The molecule has 1 aromatic carbocycles. The van der Waals surface area contributed by atoms with Crippen molar-refractivity contribution in [3.63, 3.8) is 0 Å². The van der Waals surface area contributed by atoms with Crippen LogP contribution in [0.3, 0.4) is 0 Å². The second kappa shape index (κ2) is 6.92. The number of halogens is 1. The van der Waals surface area contributed by atoms with Crippen LogP contribution in [-0.4, -0.2) is 46.8 Å². The largest absolute Gasteiger partial charge is 0.421 e. The van der Waals surface area contributed by atoms with E-state index in [1.165, 1.54) is 12.1 Å². The maximum atomic E-state index is 14.4. The molecule has 4 heterocycles. The first-order valence-corrected chi connectivity index (χ1v) is 10.6. The van der Waals surface area contributed by atoms with Crippen molar-refractivity contribution in [2.75, 3.05) is 23.8 Å². The smallest absolute Gasteiger partial charge is 0.326 e. The summed E-state index contributed by atoms with van der Waals surface area (Å²) in [5, 5.41) is 7.48. The molecule has 3 atom stereocenters. The van der Waals surface area contributed by atoms with Gasteiger partial charge in [-0.1, -0.05) is 6.58 Å². The fraction of sp³-hybridized carbons (Fsp3) is 0.318. The number of nitrogens with two attached hydrogens (primary N) is 1. The van der Waals surface area contributed by atoms with E-state index in [2.05, 4.69) is 37.1 Å². The van der Waals surface area contributed by atoms with Gasteiger partial charge in [-0.15, -0.1) is 0 Å². The second-order valence-electron chi connectivity index (χ2n) is 8.50. The SMILES string of the molecule is C=C1N=CC(Oc2nc(N3C[C@H]4C[C@@H]3C[C@H]4N)c3c(n2)[nH]c2c(NC)cc(F)cc23)=CN1. The molecule has 0 unspecified atom stereocenters. The third-order valence-electron chi connectivity index (χ3n) is 6.56. The molecule has 9 nitrogen and oxygen atoms in total. The monoisotopic (exact) mass is 434 g/mol. The van der Waals surface area contributed by atoms with Crippen LogP contribution in [0.4, 0.5) is 15.9 Å². The number of piperidine rings is 1. The lowest BCUT2D eigenvalue weighted by Crippen LogP contribution is -2.41. The van der Waals surface area contributed by atoms with Crippen LogP contribution in [-0.2, 0) is 0 Å². The Morgan fingerprint density at radius 2 is 2.19 bits per heavy atom. The maximum absolute atomic E-state index is 14.4. The molecule has 1 aliphatic carbocycles. The minimum Gasteiger partial charge on any atom is -0.421 e. The molecule has 3 aromatic rings. The lowest BCUT2D eigenvalue weighted by molar-refractivity contribution is 0.414. The van der Waals surface area contributed by atoms with Crippen molar-refractivity contribution in [3.8, 4) is 6.01 Å². The number of H-pyrrole nitrogens is 1. The van der Waals surface area contributed by atoms with Crippen molar-refractivity contribution in [2.24, 2.45) is 16.6 Å². The molecular weight excluding hydrogens is 411 g/mol. The highest BCUT2D eigenvalue weighted by molar-refractivity contribution is 6.14. The summed E-state index contributed by atoms with van der Waals surface area (Å²) in [6.45, 7) is 4.55. The van der Waals surface area contributed by atoms with E-state index < -0.39 is 0 Å². The van der Waals surface area contributed by atoms with Gasteiger partial charge in [-0.05, 0) is 30.9 Å². The van der Waals surface area contributed by atoms with Crippen molar-refractivity contribution in [3.05, 3.63) is 42.3 Å². The Labute approximate surface area is 183 Å². The van der Waals surface area contributed by atoms with E-state index in [1.54, 1.807) is 19.5 Å². The number of nitrogens with one attached hydrogen (secondary N) is 3. The number of aromatic amines is 1. The number of aliphatic imine (C=N–C) groups is 1. The van der Waals surface area contributed by atoms with Gasteiger partial charge in [-0.3, -0.25) is 0 Å². The zero-order valence-corrected chi connectivity index (χ0v) is 17.5. The van der Waals surface area contributed by atoms with Crippen LogP contribution < -0.4 is 26.0 Å². The molecule has 164 valence electrons. The number of fused-ring (bicyclic) bond motifs is 5. The Balaban J connectivity index is 1.53. The molecule has 6 rings (SSSR count). The zero-order valence-electron chi connectivity index (χ0n) is 17.5. The van der Waals surface area contributed by atoms with Crippen molar-refractivity contribution in [1.29, 1.82) is 0 Å². The summed E-state index contributed by atoms with van der Waals surface area (Å²) in [6, 6.07) is 3.67. The summed E-state index contributed by atoms with van der Waals surface area (Å²) >= 11 is 0. The molecule has 2 bridgehead atoms. The van der Waals surface area contributed by atoms with Crippen molar-refractivity contribution < 1.29 is 9.13 Å². The number of hydrogen-bond acceptors (Lipinski definition) is 8. The van der Waals surface area contributed by atoms with Crippen molar-refractivity contribution in [1.82, 2.24) is 20.3 Å². The number of benzene rings is 1. The second-order valence-corrected chi connectivity index (χ2v) is 8.50. The lowest BCUT2D eigenvalue weighted by Gasteiger charge is -2.31. The lowest BCUT2D eigenvalue weighted by atomic mass is 10.0. The number of aromatic nitrogens is 3. The van der Waals surface area contributed by atoms with E-state index in [9.17, 15) is 4.39 Å². The molecular formula is C22H23FN8O. The van der Waals surface area contributed by atoms with Crippen LogP contribution in [0.25, 0.3) is 21.9 Å². The normalized spacial score (nSPS) is 24.3. The summed E-state index contributed by atoms with van der Waals surface area (Å²) in [4.78, 5) is 19.1. The predicted octanol–water partition coefficient (Wildman–Crippen LogP) is 2.58. The molecule has 0 radical (unpaired) electrons. The topological polar surface area (TPSA) is 116 Å². The fourth-order valence-electron chi connectivity index (χ4n) is 5.06. The highest BCUT2D eigenvalue weighted by Gasteiger charge is 2.44. The molecule has 2 aromatic heterocycles. The summed E-state index contributed by atoms with van der Waals surface area (Å²) in [7, 11) is 1.76. The molecule has 0 spiro atoms. The number of rotatable bonds is 4. The standard InChI is InChI=1S/C22H23FN8O/c1-10-26-7-14(8-27-10)32-22-29-20-18(15-4-12(23)5-17(25-2)19(15)28-20)21(30-22)31-9-11-3-13(31)6-16(11)24/h4-5,7-8,11,13,16,25-26H,1,3,6,9,24H2,2H3,(H,28,29,30)/t11-,13-,16-/m1/s1. The Morgan fingerprint density at radius 3 is 2.88 bits per heavy atom. The molecule has 0 amide bonds. The third-order valence-corrected chi connectivity index (χ3v) is 6.56. The van der Waals surface area contributed by atoms with Gasteiger partial charge in [0.1, 0.15) is 23.1 Å².